The molecule has 0 spiro atoms. The molecular weight excluding hydrogens is 280 g/mol. The number of allylic oxidation sites excluding steroid dienone is 1. The molecule has 0 fully saturated rings. The average Bonchev–Trinajstić information content (AvgIpc) is 2.54. The largest absolute Gasteiger partial charge is 0.507 e. The Morgan fingerprint density at radius 1 is 1.09 bits per heavy atom. The minimum atomic E-state index is -0.272. The molecule has 0 saturated carbocycles. The summed E-state index contributed by atoms with van der Waals surface area (Å²) < 4.78 is 10.4. The number of aryl methyl sites for hydroxylation is 1. The molecule has 0 aliphatic carbocycles. The lowest BCUT2D eigenvalue weighted by Gasteiger charge is -2.07. The Morgan fingerprint density at radius 3 is 2.55 bits per heavy atom. The van der Waals surface area contributed by atoms with E-state index in [4.69, 9.17) is 9.47 Å². The first kappa shape index (κ1) is 15.6. The van der Waals surface area contributed by atoms with Crippen molar-refractivity contribution in [2.45, 2.75) is 6.92 Å². The SMILES string of the molecule is COc1ccc(OC)c(C=CC(=O)c2cc(C)ccc2O)c1. The number of ketones is 1. The zero-order chi connectivity index (χ0) is 16.1. The first-order chi connectivity index (χ1) is 10.5. The number of hydrogen-bond acceptors (Lipinski definition) is 4. The molecule has 0 unspecified atom stereocenters. The maximum absolute atomic E-state index is 12.2. The van der Waals surface area contributed by atoms with E-state index in [1.807, 2.05) is 6.92 Å². The molecular formula is C18H18O4. The van der Waals surface area contributed by atoms with E-state index in [1.54, 1.807) is 50.6 Å². The Hall–Kier alpha value is -2.75. The Kier molecular flexibility index (Phi) is 4.84. The van der Waals surface area contributed by atoms with Crippen LogP contribution in [0.5, 0.6) is 17.2 Å². The summed E-state index contributed by atoms with van der Waals surface area (Å²) in [5.74, 6) is 1.01. The summed E-state index contributed by atoms with van der Waals surface area (Å²) in [5.41, 5.74) is 1.91. The molecule has 0 heterocycles. The fourth-order valence-electron chi connectivity index (χ4n) is 2.07. The number of methoxy groups -OCH3 is 2. The van der Waals surface area contributed by atoms with Crippen molar-refractivity contribution < 1.29 is 19.4 Å². The van der Waals surface area contributed by atoms with Gasteiger partial charge in [-0.05, 0) is 49.4 Å². The van der Waals surface area contributed by atoms with E-state index in [1.165, 1.54) is 12.1 Å². The van der Waals surface area contributed by atoms with E-state index in [-0.39, 0.29) is 17.1 Å². The second-order valence-corrected chi connectivity index (χ2v) is 4.83. The third-order valence-electron chi connectivity index (χ3n) is 3.27. The van der Waals surface area contributed by atoms with Crippen LogP contribution >= 0.6 is 0 Å². The molecule has 2 aromatic rings. The number of carbonyl (C=O) groups is 1. The van der Waals surface area contributed by atoms with Crippen LogP contribution in [0.2, 0.25) is 0 Å². The van der Waals surface area contributed by atoms with E-state index in [0.29, 0.717) is 11.5 Å². The number of carbonyl (C=O) groups excluding carboxylic acids is 1. The molecule has 0 atom stereocenters. The molecule has 0 aromatic heterocycles. The zero-order valence-corrected chi connectivity index (χ0v) is 12.8. The molecule has 4 heteroatoms. The van der Waals surface area contributed by atoms with Gasteiger partial charge < -0.3 is 14.6 Å². The summed E-state index contributed by atoms with van der Waals surface area (Å²) in [6, 6.07) is 10.3. The predicted molar refractivity (Wildman–Crippen MR) is 85.8 cm³/mol. The number of benzene rings is 2. The molecule has 0 aliphatic heterocycles. The number of ether oxygens (including phenoxy) is 2. The van der Waals surface area contributed by atoms with Crippen molar-refractivity contribution in [1.29, 1.82) is 0 Å². The van der Waals surface area contributed by atoms with Gasteiger partial charge in [0.1, 0.15) is 17.2 Å². The topological polar surface area (TPSA) is 55.8 Å². The van der Waals surface area contributed by atoms with Crippen LogP contribution in [0.15, 0.2) is 42.5 Å². The van der Waals surface area contributed by atoms with Gasteiger partial charge in [0.05, 0.1) is 19.8 Å². The lowest BCUT2D eigenvalue weighted by atomic mass is 10.0. The third-order valence-corrected chi connectivity index (χ3v) is 3.27. The summed E-state index contributed by atoms with van der Waals surface area (Å²) in [6.45, 7) is 1.87. The smallest absolute Gasteiger partial charge is 0.189 e. The molecule has 2 aromatic carbocycles. The number of phenolic OH excluding ortho intramolecular Hbond substituents is 1. The monoisotopic (exact) mass is 298 g/mol. The third kappa shape index (κ3) is 3.47. The highest BCUT2D eigenvalue weighted by molar-refractivity contribution is 6.08. The number of aromatic hydroxyl groups is 1. The highest BCUT2D eigenvalue weighted by Crippen LogP contribution is 2.26. The maximum Gasteiger partial charge on any atom is 0.189 e. The van der Waals surface area contributed by atoms with Gasteiger partial charge in [0.2, 0.25) is 0 Å². The van der Waals surface area contributed by atoms with Gasteiger partial charge in [-0.25, -0.2) is 0 Å². The predicted octanol–water partition coefficient (Wildman–Crippen LogP) is 3.61. The van der Waals surface area contributed by atoms with E-state index in [2.05, 4.69) is 0 Å². The van der Waals surface area contributed by atoms with Crippen LogP contribution in [0, 0.1) is 6.92 Å². The minimum absolute atomic E-state index is 0.0298. The molecule has 1 N–H and O–H groups in total. The summed E-state index contributed by atoms with van der Waals surface area (Å²) in [7, 11) is 3.14. The molecule has 22 heavy (non-hydrogen) atoms. The van der Waals surface area contributed by atoms with E-state index < -0.39 is 0 Å². The van der Waals surface area contributed by atoms with Gasteiger partial charge in [0.25, 0.3) is 0 Å². The van der Waals surface area contributed by atoms with Crippen LogP contribution in [0.25, 0.3) is 6.08 Å². The lowest BCUT2D eigenvalue weighted by Crippen LogP contribution is -1.96. The molecule has 0 saturated heterocycles. The summed E-state index contributed by atoms with van der Waals surface area (Å²) >= 11 is 0. The van der Waals surface area contributed by atoms with Crippen LogP contribution in [0.1, 0.15) is 21.5 Å². The van der Waals surface area contributed by atoms with Crippen molar-refractivity contribution in [3.63, 3.8) is 0 Å². The standard InChI is InChI=1S/C18H18O4/c1-12-4-7-16(19)15(10-12)17(20)8-5-13-11-14(21-2)6-9-18(13)22-3/h4-11,19H,1-3H3. The second kappa shape index (κ2) is 6.80. The zero-order valence-electron chi connectivity index (χ0n) is 12.8. The van der Waals surface area contributed by atoms with Crippen molar-refractivity contribution in [3.05, 3.63) is 59.2 Å². The van der Waals surface area contributed by atoms with Crippen LogP contribution in [0.4, 0.5) is 0 Å². The van der Waals surface area contributed by atoms with Gasteiger partial charge in [-0.1, -0.05) is 11.6 Å². The average molecular weight is 298 g/mol. The highest BCUT2D eigenvalue weighted by Gasteiger charge is 2.09. The van der Waals surface area contributed by atoms with Crippen LogP contribution < -0.4 is 9.47 Å². The lowest BCUT2D eigenvalue weighted by molar-refractivity contribution is 0.104. The van der Waals surface area contributed by atoms with Gasteiger partial charge in [-0.3, -0.25) is 4.79 Å². The molecule has 114 valence electrons. The van der Waals surface area contributed by atoms with Crippen molar-refractivity contribution in [2.75, 3.05) is 14.2 Å². The van der Waals surface area contributed by atoms with E-state index in [9.17, 15) is 9.90 Å². The first-order valence-electron chi connectivity index (χ1n) is 6.79. The minimum Gasteiger partial charge on any atom is -0.507 e. The van der Waals surface area contributed by atoms with Crippen LogP contribution in [-0.2, 0) is 0 Å². The van der Waals surface area contributed by atoms with Crippen molar-refractivity contribution >= 4 is 11.9 Å². The second-order valence-electron chi connectivity index (χ2n) is 4.83. The normalized spacial score (nSPS) is 10.7. The molecule has 0 aliphatic rings. The summed E-state index contributed by atoms with van der Waals surface area (Å²) in [6.07, 6.45) is 3.05. The molecule has 0 amide bonds. The Balaban J connectivity index is 2.31. The van der Waals surface area contributed by atoms with Crippen LogP contribution in [0.3, 0.4) is 0 Å². The van der Waals surface area contributed by atoms with Crippen molar-refractivity contribution in [2.24, 2.45) is 0 Å². The van der Waals surface area contributed by atoms with Gasteiger partial charge in [0.15, 0.2) is 5.78 Å². The van der Waals surface area contributed by atoms with E-state index in [0.717, 1.165) is 11.1 Å². The van der Waals surface area contributed by atoms with E-state index >= 15 is 0 Å². The molecule has 0 radical (unpaired) electrons. The van der Waals surface area contributed by atoms with Crippen molar-refractivity contribution in [1.82, 2.24) is 0 Å². The van der Waals surface area contributed by atoms with Crippen molar-refractivity contribution in [3.8, 4) is 17.2 Å². The first-order valence-corrected chi connectivity index (χ1v) is 6.79. The Bertz CT molecular complexity index is 717. The fourth-order valence-corrected chi connectivity index (χ4v) is 2.07. The van der Waals surface area contributed by atoms with Gasteiger partial charge in [-0.2, -0.15) is 0 Å². The molecule has 2 rings (SSSR count). The Labute approximate surface area is 129 Å². The quantitative estimate of drug-likeness (QED) is 0.676. The van der Waals surface area contributed by atoms with Gasteiger partial charge in [-0.15, -0.1) is 0 Å². The van der Waals surface area contributed by atoms with Gasteiger partial charge >= 0.3 is 0 Å². The summed E-state index contributed by atoms with van der Waals surface area (Å²) in [4.78, 5) is 12.2. The fraction of sp³-hybridized carbons (Fsp3) is 0.167. The number of hydrogen-bond donors (Lipinski definition) is 1. The highest BCUT2D eigenvalue weighted by atomic mass is 16.5. The van der Waals surface area contributed by atoms with Gasteiger partial charge in [0, 0.05) is 5.56 Å². The number of phenols is 1. The Morgan fingerprint density at radius 2 is 1.86 bits per heavy atom. The summed E-state index contributed by atoms with van der Waals surface area (Å²) in [5, 5.41) is 9.79. The van der Waals surface area contributed by atoms with Crippen LogP contribution in [-0.4, -0.2) is 25.1 Å². The number of rotatable bonds is 5. The molecule has 0 bridgehead atoms. The molecule has 4 nitrogen and oxygen atoms in total. The maximum atomic E-state index is 12.2.